The molecule has 1 fully saturated rings. The average molecular weight is 272 g/mol. The van der Waals surface area contributed by atoms with Gasteiger partial charge < -0.3 is 15.8 Å². The van der Waals surface area contributed by atoms with Gasteiger partial charge in [0.15, 0.2) is 0 Å². The van der Waals surface area contributed by atoms with Crippen molar-refractivity contribution in [2.24, 2.45) is 0 Å². The SMILES string of the molecule is Nc1cncc(Br)c1NC1CCCOC1. The maximum atomic E-state index is 5.84. The van der Waals surface area contributed by atoms with Crippen molar-refractivity contribution in [1.29, 1.82) is 0 Å². The Bertz CT molecular complexity index is 319. The van der Waals surface area contributed by atoms with Crippen molar-refractivity contribution in [2.75, 3.05) is 24.3 Å². The van der Waals surface area contributed by atoms with E-state index in [4.69, 9.17) is 10.5 Å². The van der Waals surface area contributed by atoms with Crippen LogP contribution in [0.15, 0.2) is 16.9 Å². The third kappa shape index (κ3) is 2.60. The molecule has 1 aliphatic heterocycles. The van der Waals surface area contributed by atoms with Gasteiger partial charge in [0.05, 0.1) is 28.7 Å². The molecular weight excluding hydrogens is 258 g/mol. The summed E-state index contributed by atoms with van der Waals surface area (Å²) in [5, 5.41) is 3.38. The molecule has 2 heterocycles. The molecule has 2 rings (SSSR count). The van der Waals surface area contributed by atoms with Crippen molar-refractivity contribution in [3.05, 3.63) is 16.9 Å². The molecule has 3 N–H and O–H groups in total. The highest BCUT2D eigenvalue weighted by Gasteiger charge is 2.15. The zero-order valence-electron chi connectivity index (χ0n) is 8.37. The molecule has 5 heteroatoms. The van der Waals surface area contributed by atoms with Crippen LogP contribution in [0.5, 0.6) is 0 Å². The summed E-state index contributed by atoms with van der Waals surface area (Å²) in [6.45, 7) is 1.61. The Morgan fingerprint density at radius 1 is 1.53 bits per heavy atom. The van der Waals surface area contributed by atoms with E-state index in [2.05, 4.69) is 26.2 Å². The second-order valence-electron chi connectivity index (χ2n) is 3.64. The molecule has 0 spiro atoms. The maximum absolute atomic E-state index is 5.84. The van der Waals surface area contributed by atoms with Gasteiger partial charge >= 0.3 is 0 Å². The van der Waals surface area contributed by atoms with Crippen LogP contribution in [-0.4, -0.2) is 24.2 Å². The minimum Gasteiger partial charge on any atom is -0.396 e. The average Bonchev–Trinajstić information content (AvgIpc) is 2.25. The molecule has 1 saturated heterocycles. The lowest BCUT2D eigenvalue weighted by Gasteiger charge is -2.25. The first-order valence-electron chi connectivity index (χ1n) is 5.00. The van der Waals surface area contributed by atoms with Crippen molar-refractivity contribution in [3.8, 4) is 0 Å². The lowest BCUT2D eigenvalue weighted by molar-refractivity contribution is 0.0876. The van der Waals surface area contributed by atoms with Gasteiger partial charge in [-0.1, -0.05) is 0 Å². The lowest BCUT2D eigenvalue weighted by atomic mass is 10.1. The topological polar surface area (TPSA) is 60.2 Å². The Kier molecular flexibility index (Phi) is 3.43. The first-order chi connectivity index (χ1) is 7.27. The fraction of sp³-hybridized carbons (Fsp3) is 0.500. The first-order valence-corrected chi connectivity index (χ1v) is 5.80. The van der Waals surface area contributed by atoms with Crippen LogP contribution in [0, 0.1) is 0 Å². The number of halogens is 1. The van der Waals surface area contributed by atoms with Gasteiger partial charge in [-0.15, -0.1) is 0 Å². The zero-order valence-corrected chi connectivity index (χ0v) is 9.96. The molecule has 0 saturated carbocycles. The number of aromatic nitrogens is 1. The minimum atomic E-state index is 0.347. The van der Waals surface area contributed by atoms with Gasteiger partial charge in [0.25, 0.3) is 0 Å². The van der Waals surface area contributed by atoms with Gasteiger partial charge in [-0.2, -0.15) is 0 Å². The summed E-state index contributed by atoms with van der Waals surface area (Å²) in [4.78, 5) is 3.99. The van der Waals surface area contributed by atoms with Gasteiger partial charge in [-0.3, -0.25) is 4.98 Å². The third-order valence-electron chi connectivity index (χ3n) is 2.44. The summed E-state index contributed by atoms with van der Waals surface area (Å²) >= 11 is 3.43. The molecule has 1 aromatic rings. The van der Waals surface area contributed by atoms with Gasteiger partial charge in [-0.05, 0) is 28.8 Å². The molecule has 0 aromatic carbocycles. The van der Waals surface area contributed by atoms with Crippen LogP contribution < -0.4 is 11.1 Å². The highest BCUT2D eigenvalue weighted by molar-refractivity contribution is 9.10. The number of rotatable bonds is 2. The Morgan fingerprint density at radius 2 is 2.40 bits per heavy atom. The second-order valence-corrected chi connectivity index (χ2v) is 4.50. The van der Waals surface area contributed by atoms with Crippen LogP contribution in [0.25, 0.3) is 0 Å². The zero-order chi connectivity index (χ0) is 10.7. The molecule has 0 amide bonds. The normalized spacial score (nSPS) is 21.3. The fourth-order valence-electron chi connectivity index (χ4n) is 1.66. The third-order valence-corrected chi connectivity index (χ3v) is 3.04. The fourth-order valence-corrected chi connectivity index (χ4v) is 2.12. The molecule has 1 aliphatic rings. The van der Waals surface area contributed by atoms with Crippen LogP contribution in [0.4, 0.5) is 11.4 Å². The number of hydrogen-bond donors (Lipinski definition) is 2. The van der Waals surface area contributed by atoms with Crippen molar-refractivity contribution in [2.45, 2.75) is 18.9 Å². The van der Waals surface area contributed by atoms with E-state index in [1.54, 1.807) is 12.4 Å². The van der Waals surface area contributed by atoms with Gasteiger partial charge in [0.2, 0.25) is 0 Å². The van der Waals surface area contributed by atoms with Crippen LogP contribution in [0.2, 0.25) is 0 Å². The number of ether oxygens (including phenoxy) is 1. The number of nitrogen functional groups attached to an aromatic ring is 1. The molecule has 1 atom stereocenters. The second kappa shape index (κ2) is 4.81. The van der Waals surface area contributed by atoms with E-state index in [0.717, 1.165) is 36.2 Å². The number of anilines is 2. The molecular formula is C10H14BrN3O. The van der Waals surface area contributed by atoms with Crippen LogP contribution in [-0.2, 0) is 4.74 Å². The maximum Gasteiger partial charge on any atom is 0.0752 e. The van der Waals surface area contributed by atoms with Crippen molar-refractivity contribution in [1.82, 2.24) is 4.98 Å². The quantitative estimate of drug-likeness (QED) is 0.864. The number of nitrogens with two attached hydrogens (primary N) is 1. The molecule has 1 aromatic heterocycles. The summed E-state index contributed by atoms with van der Waals surface area (Å²) in [6.07, 6.45) is 5.60. The highest BCUT2D eigenvalue weighted by Crippen LogP contribution is 2.28. The van der Waals surface area contributed by atoms with E-state index in [-0.39, 0.29) is 0 Å². The van der Waals surface area contributed by atoms with E-state index in [9.17, 15) is 0 Å². The summed E-state index contributed by atoms with van der Waals surface area (Å²) in [6, 6.07) is 0.347. The summed E-state index contributed by atoms with van der Waals surface area (Å²) in [7, 11) is 0. The van der Waals surface area contributed by atoms with Crippen molar-refractivity contribution in [3.63, 3.8) is 0 Å². The summed E-state index contributed by atoms with van der Waals surface area (Å²) < 4.78 is 6.30. The van der Waals surface area contributed by atoms with Crippen LogP contribution in [0.3, 0.4) is 0 Å². The Balaban J connectivity index is 2.09. The lowest BCUT2D eigenvalue weighted by Crippen LogP contribution is -2.30. The number of hydrogen-bond acceptors (Lipinski definition) is 4. The van der Waals surface area contributed by atoms with E-state index >= 15 is 0 Å². The van der Waals surface area contributed by atoms with E-state index in [0.29, 0.717) is 11.7 Å². The van der Waals surface area contributed by atoms with Crippen molar-refractivity contribution >= 4 is 27.3 Å². The largest absolute Gasteiger partial charge is 0.396 e. The van der Waals surface area contributed by atoms with Gasteiger partial charge in [0.1, 0.15) is 0 Å². The molecule has 4 nitrogen and oxygen atoms in total. The van der Waals surface area contributed by atoms with E-state index in [1.165, 1.54) is 0 Å². The standard InChI is InChI=1S/C10H14BrN3O/c11-8-4-13-5-9(12)10(8)14-7-2-1-3-15-6-7/h4-5,7H,1-3,6,12H2,(H,13,14). The highest BCUT2D eigenvalue weighted by atomic mass is 79.9. The van der Waals surface area contributed by atoms with Crippen LogP contribution in [0.1, 0.15) is 12.8 Å². The molecule has 0 bridgehead atoms. The van der Waals surface area contributed by atoms with Crippen LogP contribution >= 0.6 is 15.9 Å². The Hall–Kier alpha value is -0.810. The smallest absolute Gasteiger partial charge is 0.0752 e. The number of pyridine rings is 1. The molecule has 82 valence electrons. The van der Waals surface area contributed by atoms with E-state index < -0.39 is 0 Å². The predicted molar refractivity (Wildman–Crippen MR) is 63.8 cm³/mol. The number of nitrogens with zero attached hydrogens (tertiary/aromatic N) is 1. The number of nitrogens with one attached hydrogen (secondary N) is 1. The minimum absolute atomic E-state index is 0.347. The molecule has 0 radical (unpaired) electrons. The Morgan fingerprint density at radius 3 is 3.07 bits per heavy atom. The monoisotopic (exact) mass is 271 g/mol. The summed E-state index contributed by atoms with van der Waals surface area (Å²) in [5.74, 6) is 0. The first kappa shape index (κ1) is 10.7. The summed E-state index contributed by atoms with van der Waals surface area (Å²) in [5.41, 5.74) is 7.42. The Labute approximate surface area is 97.3 Å². The van der Waals surface area contributed by atoms with Gasteiger partial charge in [0, 0.05) is 18.8 Å². The molecule has 0 aliphatic carbocycles. The molecule has 1 unspecified atom stereocenters. The van der Waals surface area contributed by atoms with E-state index in [1.807, 2.05) is 0 Å². The van der Waals surface area contributed by atoms with Gasteiger partial charge in [-0.25, -0.2) is 0 Å². The predicted octanol–water partition coefficient (Wildman–Crippen LogP) is 2.02. The van der Waals surface area contributed by atoms with Crippen molar-refractivity contribution < 1.29 is 4.74 Å². The molecule has 15 heavy (non-hydrogen) atoms.